The molecule has 0 radical (unpaired) electrons. The fraction of sp³-hybridized carbons (Fsp3) is 0.594. The first-order chi connectivity index (χ1) is 17.2. The molecule has 35 heavy (non-hydrogen) atoms. The molecule has 0 N–H and O–H groups in total. The van der Waals surface area contributed by atoms with Crippen molar-refractivity contribution in [3.63, 3.8) is 0 Å². The minimum atomic E-state index is -0.562. The molecule has 3 heteroatoms. The van der Waals surface area contributed by atoms with E-state index in [0.717, 1.165) is 32.1 Å². The number of hydrogen-bond acceptors (Lipinski definition) is 3. The Bertz CT molecular complexity index is 800. The summed E-state index contributed by atoms with van der Waals surface area (Å²) in [4.78, 5) is 12.3. The van der Waals surface area contributed by atoms with Gasteiger partial charge in [-0.25, -0.2) is 4.79 Å². The van der Waals surface area contributed by atoms with Crippen LogP contribution in [-0.4, -0.2) is 12.8 Å². The summed E-state index contributed by atoms with van der Waals surface area (Å²) in [7, 11) is 0. The molecule has 2 aromatic rings. The fourth-order valence-electron chi connectivity index (χ4n) is 4.58. The maximum atomic E-state index is 12.3. The molecular formula is C32H48O3. The molecule has 194 valence electrons. The second kappa shape index (κ2) is 19.0. The number of hydrogen-bond donors (Lipinski definition) is 0. The van der Waals surface area contributed by atoms with Gasteiger partial charge in [0.25, 0.3) is 0 Å². The number of rotatable bonds is 19. The lowest BCUT2D eigenvalue weighted by atomic mass is 9.96. The molecule has 0 heterocycles. The molecule has 2 rings (SSSR count). The molecule has 0 bridgehead atoms. The first kappa shape index (κ1) is 28.9. The highest BCUT2D eigenvalue weighted by Gasteiger charge is 2.14. The molecular weight excluding hydrogens is 432 g/mol. The zero-order valence-corrected chi connectivity index (χ0v) is 22.4. The van der Waals surface area contributed by atoms with Gasteiger partial charge in [0.15, 0.2) is 0 Å². The van der Waals surface area contributed by atoms with Crippen LogP contribution in [-0.2, 0) is 24.0 Å². The van der Waals surface area contributed by atoms with E-state index >= 15 is 0 Å². The first-order valence-electron chi connectivity index (χ1n) is 14.2. The van der Waals surface area contributed by atoms with Gasteiger partial charge in [-0.2, -0.15) is 0 Å². The molecule has 0 aromatic heterocycles. The number of carbonyl (C=O) groups is 1. The molecule has 0 aliphatic rings. The van der Waals surface area contributed by atoms with Crippen molar-refractivity contribution in [2.45, 2.75) is 117 Å². The van der Waals surface area contributed by atoms with E-state index in [-0.39, 0.29) is 0 Å². The second-order valence-corrected chi connectivity index (χ2v) is 9.72. The maximum absolute atomic E-state index is 12.3. The molecule has 0 fully saturated rings. The van der Waals surface area contributed by atoms with Crippen LogP contribution in [0.3, 0.4) is 0 Å². The van der Waals surface area contributed by atoms with Gasteiger partial charge in [-0.1, -0.05) is 114 Å². The van der Waals surface area contributed by atoms with Gasteiger partial charge in [-0.3, -0.25) is 0 Å². The van der Waals surface area contributed by atoms with Gasteiger partial charge < -0.3 is 9.47 Å². The van der Waals surface area contributed by atoms with Crippen molar-refractivity contribution in [3.05, 3.63) is 65.2 Å². The van der Waals surface area contributed by atoms with Crippen LogP contribution < -0.4 is 4.74 Å². The largest absolute Gasteiger partial charge is 0.513 e. The van der Waals surface area contributed by atoms with Crippen LogP contribution in [0.2, 0.25) is 0 Å². The third-order valence-electron chi connectivity index (χ3n) is 6.68. The fourth-order valence-corrected chi connectivity index (χ4v) is 4.58. The van der Waals surface area contributed by atoms with Crippen LogP contribution in [0.1, 0.15) is 114 Å². The van der Waals surface area contributed by atoms with Crippen LogP contribution in [0, 0.1) is 0 Å². The number of aryl methyl sites for hydroxylation is 2. The lowest BCUT2D eigenvalue weighted by Crippen LogP contribution is -2.13. The van der Waals surface area contributed by atoms with Crippen molar-refractivity contribution >= 4 is 6.16 Å². The number of carbonyl (C=O) groups excluding carboxylic acids is 1. The van der Waals surface area contributed by atoms with E-state index in [1.54, 1.807) is 0 Å². The van der Waals surface area contributed by atoms with Gasteiger partial charge in [0, 0.05) is 0 Å². The van der Waals surface area contributed by atoms with Crippen molar-refractivity contribution in [3.8, 4) is 5.75 Å². The highest BCUT2D eigenvalue weighted by atomic mass is 16.7. The number of unbranched alkanes of at least 4 members (excludes halogenated alkanes) is 10. The molecule has 0 aliphatic heterocycles. The van der Waals surface area contributed by atoms with E-state index in [1.165, 1.54) is 87.3 Å². The van der Waals surface area contributed by atoms with Crippen molar-refractivity contribution < 1.29 is 14.3 Å². The van der Waals surface area contributed by atoms with Gasteiger partial charge in [0.2, 0.25) is 0 Å². The van der Waals surface area contributed by atoms with E-state index < -0.39 is 6.16 Å². The Labute approximate surface area is 214 Å². The van der Waals surface area contributed by atoms with Gasteiger partial charge in [-0.15, -0.1) is 0 Å². The first-order valence-corrected chi connectivity index (χ1v) is 14.2. The summed E-state index contributed by atoms with van der Waals surface area (Å²) in [5.74, 6) is 0.690. The summed E-state index contributed by atoms with van der Waals surface area (Å²) in [6.45, 7) is 4.88. The van der Waals surface area contributed by atoms with Gasteiger partial charge in [0.1, 0.15) is 5.75 Å². The lowest BCUT2D eigenvalue weighted by molar-refractivity contribution is 0.0969. The molecule has 0 unspecified atom stereocenters. The predicted octanol–water partition coefficient (Wildman–Crippen LogP) is 9.64. The summed E-state index contributed by atoms with van der Waals surface area (Å²) in [6, 6.07) is 16.8. The number of ether oxygens (including phenoxy) is 2. The Balaban J connectivity index is 1.62. The zero-order valence-electron chi connectivity index (χ0n) is 22.4. The standard InChI is InChI=1S/C32H48O3/c1-3-5-13-23-29-24-19-26-31(30(29)25-14-6-4-2)35-32(33)34-27-18-11-9-7-8-10-15-20-28-21-16-12-17-22-28/h12,16-17,19,21-22,24,26H,3-11,13-15,18,20,23,25,27H2,1-2H3. The molecule has 3 nitrogen and oxygen atoms in total. The average Bonchev–Trinajstić information content (AvgIpc) is 2.87. The second-order valence-electron chi connectivity index (χ2n) is 9.72. The predicted molar refractivity (Wildman–Crippen MR) is 147 cm³/mol. The van der Waals surface area contributed by atoms with E-state index in [2.05, 4.69) is 50.2 Å². The van der Waals surface area contributed by atoms with Crippen LogP contribution >= 0.6 is 0 Å². The molecule has 0 saturated heterocycles. The van der Waals surface area contributed by atoms with E-state index in [1.807, 2.05) is 12.1 Å². The van der Waals surface area contributed by atoms with Crippen molar-refractivity contribution in [2.24, 2.45) is 0 Å². The van der Waals surface area contributed by atoms with Crippen LogP contribution in [0.4, 0.5) is 4.79 Å². The minimum absolute atomic E-state index is 0.439. The summed E-state index contributed by atoms with van der Waals surface area (Å²) in [5, 5.41) is 0. The Morgan fingerprint density at radius 3 is 1.97 bits per heavy atom. The lowest BCUT2D eigenvalue weighted by Gasteiger charge is -2.15. The van der Waals surface area contributed by atoms with Crippen molar-refractivity contribution in [1.82, 2.24) is 0 Å². The topological polar surface area (TPSA) is 35.5 Å². The third-order valence-corrected chi connectivity index (χ3v) is 6.68. The Morgan fingerprint density at radius 2 is 1.26 bits per heavy atom. The molecule has 2 aromatic carbocycles. The van der Waals surface area contributed by atoms with Gasteiger partial charge in [-0.05, 0) is 67.7 Å². The van der Waals surface area contributed by atoms with E-state index in [9.17, 15) is 4.79 Å². The van der Waals surface area contributed by atoms with Crippen LogP contribution in [0.25, 0.3) is 0 Å². The third kappa shape index (κ3) is 12.8. The quantitative estimate of drug-likeness (QED) is 0.114. The highest BCUT2D eigenvalue weighted by Crippen LogP contribution is 2.27. The van der Waals surface area contributed by atoms with Gasteiger partial charge >= 0.3 is 6.16 Å². The van der Waals surface area contributed by atoms with Crippen LogP contribution in [0.15, 0.2) is 48.5 Å². The van der Waals surface area contributed by atoms with Crippen molar-refractivity contribution in [1.29, 1.82) is 0 Å². The molecule has 0 aliphatic carbocycles. The monoisotopic (exact) mass is 480 g/mol. The highest BCUT2D eigenvalue weighted by molar-refractivity contribution is 5.65. The molecule has 0 saturated carbocycles. The summed E-state index contributed by atoms with van der Waals surface area (Å²) >= 11 is 0. The Hall–Kier alpha value is -2.29. The Kier molecular flexibility index (Phi) is 15.7. The number of benzene rings is 2. The van der Waals surface area contributed by atoms with Crippen LogP contribution in [0.5, 0.6) is 5.75 Å². The van der Waals surface area contributed by atoms with E-state index in [4.69, 9.17) is 9.47 Å². The zero-order chi connectivity index (χ0) is 25.0. The van der Waals surface area contributed by atoms with E-state index in [0.29, 0.717) is 12.4 Å². The van der Waals surface area contributed by atoms with Gasteiger partial charge in [0.05, 0.1) is 6.61 Å². The average molecular weight is 481 g/mol. The summed E-state index contributed by atoms with van der Waals surface area (Å²) in [5.41, 5.74) is 3.96. The molecule has 0 spiro atoms. The SMILES string of the molecule is CCCCCc1cccc(OC(=O)OCCCCCCCCCc2ccccc2)c1CCCCC. The molecule has 0 atom stereocenters. The minimum Gasteiger partial charge on any atom is -0.434 e. The summed E-state index contributed by atoms with van der Waals surface area (Å²) < 4.78 is 11.1. The normalized spacial score (nSPS) is 10.9. The summed E-state index contributed by atoms with van der Waals surface area (Å²) in [6.07, 6.45) is 18.0. The van der Waals surface area contributed by atoms with Crippen molar-refractivity contribution in [2.75, 3.05) is 6.61 Å². The molecule has 0 amide bonds. The maximum Gasteiger partial charge on any atom is 0.513 e. The Morgan fingerprint density at radius 1 is 0.629 bits per heavy atom. The smallest absolute Gasteiger partial charge is 0.434 e.